The van der Waals surface area contributed by atoms with Gasteiger partial charge in [0.1, 0.15) is 0 Å². The summed E-state index contributed by atoms with van der Waals surface area (Å²) in [4.78, 5) is 15.0. The number of hydrogen-bond acceptors (Lipinski definition) is 3. The van der Waals surface area contributed by atoms with Gasteiger partial charge in [-0.2, -0.15) is 0 Å². The smallest absolute Gasteiger partial charge is 0.252 e. The predicted octanol–water partition coefficient (Wildman–Crippen LogP) is 4.11. The summed E-state index contributed by atoms with van der Waals surface area (Å²) >= 11 is 12.3. The number of nitrogens with zero attached hydrogens (tertiary/aromatic N) is 1. The third-order valence-electron chi connectivity index (χ3n) is 4.63. The number of hydrogen-bond donors (Lipinski definition) is 1. The maximum absolute atomic E-state index is 12.6. The summed E-state index contributed by atoms with van der Waals surface area (Å²) < 4.78 is 5.46. The number of nitrogens with one attached hydrogen (secondary N) is 1. The van der Waals surface area contributed by atoms with Crippen LogP contribution in [0.2, 0.25) is 10.0 Å². The third kappa shape index (κ3) is 4.57. The lowest BCUT2D eigenvalue weighted by molar-refractivity contribution is 0.0162. The molecule has 1 aliphatic heterocycles. The van der Waals surface area contributed by atoms with E-state index in [-0.39, 0.29) is 11.9 Å². The SMILES string of the molecule is Cc1cccc(C(=O)NCC(c2ccc(Cl)cc2)N2CCOCC2)c1Cl. The fraction of sp³-hybridized carbons (Fsp3) is 0.350. The average molecular weight is 393 g/mol. The molecule has 1 unspecified atom stereocenters. The topological polar surface area (TPSA) is 41.6 Å². The Morgan fingerprint density at radius 2 is 1.85 bits per heavy atom. The fourth-order valence-electron chi connectivity index (χ4n) is 3.14. The van der Waals surface area contributed by atoms with Crippen molar-refractivity contribution in [3.05, 3.63) is 69.2 Å². The molecule has 0 saturated carbocycles. The number of ether oxygens (including phenoxy) is 1. The fourth-order valence-corrected chi connectivity index (χ4v) is 3.48. The van der Waals surface area contributed by atoms with Gasteiger partial charge in [-0.25, -0.2) is 0 Å². The van der Waals surface area contributed by atoms with Gasteiger partial charge in [0.25, 0.3) is 5.91 Å². The van der Waals surface area contributed by atoms with E-state index in [4.69, 9.17) is 27.9 Å². The third-order valence-corrected chi connectivity index (χ3v) is 5.39. The Bertz CT molecular complexity index is 759. The first-order valence-electron chi connectivity index (χ1n) is 8.67. The molecule has 0 spiro atoms. The molecule has 1 atom stereocenters. The Morgan fingerprint density at radius 3 is 2.54 bits per heavy atom. The number of morpholine rings is 1. The lowest BCUT2D eigenvalue weighted by Gasteiger charge is -2.35. The zero-order valence-electron chi connectivity index (χ0n) is 14.7. The van der Waals surface area contributed by atoms with E-state index in [0.717, 1.165) is 24.2 Å². The molecule has 2 aromatic rings. The second-order valence-electron chi connectivity index (χ2n) is 6.36. The normalized spacial score (nSPS) is 16.3. The molecule has 138 valence electrons. The van der Waals surface area contributed by atoms with Crippen LogP contribution in [0.4, 0.5) is 0 Å². The molecule has 1 fully saturated rings. The van der Waals surface area contributed by atoms with Gasteiger partial charge in [-0.05, 0) is 36.2 Å². The predicted molar refractivity (Wildman–Crippen MR) is 105 cm³/mol. The molecule has 4 nitrogen and oxygen atoms in total. The van der Waals surface area contributed by atoms with E-state index < -0.39 is 0 Å². The summed E-state index contributed by atoms with van der Waals surface area (Å²) in [6.07, 6.45) is 0. The van der Waals surface area contributed by atoms with Gasteiger partial charge in [-0.3, -0.25) is 9.69 Å². The molecular weight excluding hydrogens is 371 g/mol. The molecule has 1 saturated heterocycles. The van der Waals surface area contributed by atoms with Crippen LogP contribution in [0.15, 0.2) is 42.5 Å². The molecular formula is C20H22Cl2N2O2. The Morgan fingerprint density at radius 1 is 1.15 bits per heavy atom. The lowest BCUT2D eigenvalue weighted by Crippen LogP contribution is -2.43. The van der Waals surface area contributed by atoms with E-state index in [0.29, 0.717) is 35.4 Å². The quantitative estimate of drug-likeness (QED) is 0.832. The van der Waals surface area contributed by atoms with Crippen LogP contribution >= 0.6 is 23.2 Å². The van der Waals surface area contributed by atoms with Crippen molar-refractivity contribution in [3.8, 4) is 0 Å². The van der Waals surface area contributed by atoms with E-state index in [2.05, 4.69) is 10.2 Å². The van der Waals surface area contributed by atoms with Gasteiger partial charge in [-0.1, -0.05) is 47.5 Å². The zero-order valence-corrected chi connectivity index (χ0v) is 16.2. The van der Waals surface area contributed by atoms with Crippen LogP contribution in [0.5, 0.6) is 0 Å². The van der Waals surface area contributed by atoms with Crippen LogP contribution in [0.1, 0.15) is 27.5 Å². The maximum Gasteiger partial charge on any atom is 0.252 e. The van der Waals surface area contributed by atoms with Crippen molar-refractivity contribution in [2.75, 3.05) is 32.8 Å². The van der Waals surface area contributed by atoms with Gasteiger partial charge in [0.2, 0.25) is 0 Å². The van der Waals surface area contributed by atoms with Crippen LogP contribution in [-0.4, -0.2) is 43.7 Å². The highest BCUT2D eigenvalue weighted by atomic mass is 35.5. The van der Waals surface area contributed by atoms with E-state index in [1.54, 1.807) is 6.07 Å². The Labute approximate surface area is 164 Å². The van der Waals surface area contributed by atoms with Crippen LogP contribution in [0.25, 0.3) is 0 Å². The van der Waals surface area contributed by atoms with Crippen LogP contribution < -0.4 is 5.32 Å². The highest BCUT2D eigenvalue weighted by molar-refractivity contribution is 6.34. The van der Waals surface area contributed by atoms with Crippen LogP contribution in [-0.2, 0) is 4.74 Å². The minimum atomic E-state index is -0.161. The molecule has 1 aliphatic rings. The molecule has 1 heterocycles. The second-order valence-corrected chi connectivity index (χ2v) is 7.18. The minimum absolute atomic E-state index is 0.0590. The summed E-state index contributed by atoms with van der Waals surface area (Å²) in [6.45, 7) is 5.43. The molecule has 0 aromatic heterocycles. The van der Waals surface area contributed by atoms with E-state index in [1.165, 1.54) is 0 Å². The average Bonchev–Trinajstić information content (AvgIpc) is 2.66. The summed E-state index contributed by atoms with van der Waals surface area (Å²) in [5, 5.41) is 4.24. The number of carbonyl (C=O) groups is 1. The number of carbonyl (C=O) groups excluding carboxylic acids is 1. The van der Waals surface area contributed by atoms with Crippen LogP contribution in [0, 0.1) is 6.92 Å². The van der Waals surface area contributed by atoms with E-state index in [9.17, 15) is 4.79 Å². The number of rotatable bonds is 5. The summed E-state index contributed by atoms with van der Waals surface area (Å²) in [5.74, 6) is -0.161. The van der Waals surface area contributed by atoms with Gasteiger partial charge in [0, 0.05) is 24.7 Å². The van der Waals surface area contributed by atoms with Crippen molar-refractivity contribution in [3.63, 3.8) is 0 Å². The zero-order chi connectivity index (χ0) is 18.5. The molecule has 1 N–H and O–H groups in total. The first-order valence-corrected chi connectivity index (χ1v) is 9.42. The molecule has 0 bridgehead atoms. The monoisotopic (exact) mass is 392 g/mol. The van der Waals surface area contributed by atoms with Crippen LogP contribution in [0.3, 0.4) is 0 Å². The molecule has 0 radical (unpaired) electrons. The first kappa shape index (κ1) is 19.2. The summed E-state index contributed by atoms with van der Waals surface area (Å²) in [6, 6.07) is 13.3. The Balaban J connectivity index is 1.76. The van der Waals surface area contributed by atoms with E-state index in [1.807, 2.05) is 43.3 Å². The van der Waals surface area contributed by atoms with Crippen molar-refractivity contribution in [2.45, 2.75) is 13.0 Å². The highest BCUT2D eigenvalue weighted by Crippen LogP contribution is 2.24. The highest BCUT2D eigenvalue weighted by Gasteiger charge is 2.24. The molecule has 0 aliphatic carbocycles. The molecule has 6 heteroatoms. The van der Waals surface area contributed by atoms with Gasteiger partial charge in [0.05, 0.1) is 29.8 Å². The second kappa shape index (κ2) is 8.87. The van der Waals surface area contributed by atoms with E-state index >= 15 is 0 Å². The van der Waals surface area contributed by atoms with Crippen molar-refractivity contribution >= 4 is 29.1 Å². The van der Waals surface area contributed by atoms with Gasteiger partial charge >= 0.3 is 0 Å². The van der Waals surface area contributed by atoms with Crippen molar-refractivity contribution in [2.24, 2.45) is 0 Å². The van der Waals surface area contributed by atoms with Gasteiger partial charge < -0.3 is 10.1 Å². The molecule has 3 rings (SSSR count). The van der Waals surface area contributed by atoms with Crippen molar-refractivity contribution in [1.29, 1.82) is 0 Å². The number of halogens is 2. The van der Waals surface area contributed by atoms with Gasteiger partial charge in [0.15, 0.2) is 0 Å². The Hall–Kier alpha value is -1.59. The summed E-state index contributed by atoms with van der Waals surface area (Å²) in [5.41, 5.74) is 2.51. The maximum atomic E-state index is 12.6. The Kier molecular flexibility index (Phi) is 6.54. The molecule has 2 aromatic carbocycles. The standard InChI is InChI=1S/C20H22Cl2N2O2/c1-14-3-2-4-17(19(14)22)20(25)23-13-18(24-9-11-26-12-10-24)15-5-7-16(21)8-6-15/h2-8,18H,9-13H2,1H3,(H,23,25). The molecule has 1 amide bonds. The van der Waals surface area contributed by atoms with Gasteiger partial charge in [-0.15, -0.1) is 0 Å². The number of aryl methyl sites for hydroxylation is 1. The minimum Gasteiger partial charge on any atom is -0.379 e. The first-order chi connectivity index (χ1) is 12.6. The van der Waals surface area contributed by atoms with Crippen molar-refractivity contribution in [1.82, 2.24) is 10.2 Å². The number of amides is 1. The van der Waals surface area contributed by atoms with Crippen molar-refractivity contribution < 1.29 is 9.53 Å². The lowest BCUT2D eigenvalue weighted by atomic mass is 10.0. The summed E-state index contributed by atoms with van der Waals surface area (Å²) in [7, 11) is 0. The molecule has 26 heavy (non-hydrogen) atoms. The number of benzene rings is 2. The largest absolute Gasteiger partial charge is 0.379 e.